The van der Waals surface area contributed by atoms with Crippen molar-refractivity contribution in [2.45, 2.75) is 25.9 Å². The third-order valence-corrected chi connectivity index (χ3v) is 6.21. The second-order valence-corrected chi connectivity index (χ2v) is 8.90. The second-order valence-electron chi connectivity index (χ2n) is 7.58. The first-order chi connectivity index (χ1) is 16.3. The van der Waals surface area contributed by atoms with Crippen molar-refractivity contribution >= 4 is 51.7 Å². The van der Waals surface area contributed by atoms with Gasteiger partial charge in [-0.25, -0.2) is 4.79 Å². The van der Waals surface area contributed by atoms with Crippen molar-refractivity contribution in [3.63, 3.8) is 0 Å². The lowest BCUT2D eigenvalue weighted by Crippen LogP contribution is -2.52. The Kier molecular flexibility index (Phi) is 8.84. The first kappa shape index (κ1) is 25.9. The molecule has 1 aromatic rings. The minimum absolute atomic E-state index is 0.0104. The van der Waals surface area contributed by atoms with E-state index in [1.807, 2.05) is 6.92 Å². The van der Waals surface area contributed by atoms with Crippen LogP contribution in [-0.4, -0.2) is 77.3 Å². The molecule has 4 N–H and O–H groups in total. The molecule has 34 heavy (non-hydrogen) atoms. The van der Waals surface area contributed by atoms with Gasteiger partial charge in [-0.1, -0.05) is 29.4 Å². The summed E-state index contributed by atoms with van der Waals surface area (Å²) >= 11 is 7.00. The van der Waals surface area contributed by atoms with Crippen LogP contribution < -0.4 is 5.32 Å². The Morgan fingerprint density at radius 2 is 2.24 bits per heavy atom. The van der Waals surface area contributed by atoms with E-state index < -0.39 is 24.0 Å². The maximum absolute atomic E-state index is 13.2. The van der Waals surface area contributed by atoms with Crippen LogP contribution in [-0.2, 0) is 19.1 Å². The number of benzene rings is 1. The van der Waals surface area contributed by atoms with Crippen LogP contribution in [0.1, 0.15) is 24.1 Å². The molecule has 0 bridgehead atoms. The number of aryl methyl sites for hydroxylation is 1. The molecule has 0 spiro atoms. The molecule has 0 amide bonds. The number of morpholine rings is 1. The van der Waals surface area contributed by atoms with E-state index in [0.717, 1.165) is 22.9 Å². The number of amidine groups is 1. The number of rotatable bonds is 8. The van der Waals surface area contributed by atoms with E-state index in [2.05, 4.69) is 10.3 Å². The molecule has 0 aromatic heterocycles. The molecule has 1 fully saturated rings. The minimum Gasteiger partial charge on any atom is -0.480 e. The molecular weight excluding hydrogens is 482 g/mol. The molecule has 0 saturated carbocycles. The van der Waals surface area contributed by atoms with E-state index in [9.17, 15) is 14.7 Å². The molecule has 2 heterocycles. The van der Waals surface area contributed by atoms with Gasteiger partial charge >= 0.3 is 11.9 Å². The third kappa shape index (κ3) is 5.84. The average molecular weight is 508 g/mol. The third-order valence-electron chi connectivity index (χ3n) is 5.43. The summed E-state index contributed by atoms with van der Waals surface area (Å²) in [7, 11) is 0. The van der Waals surface area contributed by atoms with E-state index in [-0.39, 0.29) is 36.2 Å². The lowest BCUT2D eigenvalue weighted by molar-refractivity contribution is -0.149. The highest BCUT2D eigenvalue weighted by Crippen LogP contribution is 2.35. The zero-order chi connectivity index (χ0) is 24.8. The summed E-state index contributed by atoms with van der Waals surface area (Å²) in [6.45, 7) is 4.50. The Morgan fingerprint density at radius 1 is 1.47 bits per heavy atom. The molecule has 2 aliphatic rings. The van der Waals surface area contributed by atoms with Crippen LogP contribution in [0.3, 0.4) is 0 Å². The van der Waals surface area contributed by atoms with Crippen LogP contribution >= 0.6 is 23.4 Å². The van der Waals surface area contributed by atoms with Crippen LogP contribution in [0.5, 0.6) is 0 Å². The molecule has 1 aromatic carbocycles. The Hall–Kier alpha value is -2.73. The number of hydrogen-bond acceptors (Lipinski definition) is 10. The number of nitrogens with one attached hydrogen (secondary N) is 3. The zero-order valence-corrected chi connectivity index (χ0v) is 20.3. The number of esters is 1. The molecule has 2 atom stereocenters. The van der Waals surface area contributed by atoms with E-state index >= 15 is 0 Å². The van der Waals surface area contributed by atoms with Crippen molar-refractivity contribution < 1.29 is 24.2 Å². The molecule has 0 radical (unpaired) electrons. The lowest BCUT2D eigenvalue weighted by Gasteiger charge is -2.36. The van der Waals surface area contributed by atoms with Gasteiger partial charge in [-0.3, -0.25) is 20.1 Å². The van der Waals surface area contributed by atoms with Crippen LogP contribution in [0, 0.1) is 17.7 Å². The molecule has 3 rings (SSSR count). The Bertz CT molecular complexity index is 1060. The number of carbonyl (C=O) groups excluding carboxylic acids is 1. The molecule has 182 valence electrons. The van der Waals surface area contributed by atoms with Gasteiger partial charge in [0.15, 0.2) is 5.84 Å². The molecule has 1 saturated heterocycles. The lowest BCUT2D eigenvalue weighted by atomic mass is 9.92. The molecular formula is C22H26ClN5O5S. The predicted molar refractivity (Wildman–Crippen MR) is 131 cm³/mol. The predicted octanol–water partition coefficient (Wildman–Crippen LogP) is 2.61. The zero-order valence-electron chi connectivity index (χ0n) is 18.8. The average Bonchev–Trinajstić information content (AvgIpc) is 2.79. The van der Waals surface area contributed by atoms with Crippen molar-refractivity contribution in [2.24, 2.45) is 4.99 Å². The standard InChI is InChI=1S/C22H26ClN5O5S/c1-3-33-22(31)17-15(9-28-6-7-32-10-16(28)21(29)30)26-20(19(25)34-11-24)27-18(17)14-5-4-13(23)8-12(14)2/h4-5,8,11,16,18,24-25H,3,6-7,9-10H2,1-2H3,(H,26,27)(H,29,30). The van der Waals surface area contributed by atoms with Gasteiger partial charge in [0.25, 0.3) is 0 Å². The Labute approximate surface area is 206 Å². The highest BCUT2D eigenvalue weighted by Gasteiger charge is 2.37. The molecule has 10 nitrogen and oxygen atoms in total. The van der Waals surface area contributed by atoms with E-state index in [0.29, 0.717) is 29.4 Å². The number of aliphatic carboxylic acids is 1. The highest BCUT2D eigenvalue weighted by atomic mass is 35.5. The minimum atomic E-state index is -1.03. The van der Waals surface area contributed by atoms with Gasteiger partial charge in [-0.05, 0) is 37.1 Å². The maximum atomic E-state index is 13.2. The van der Waals surface area contributed by atoms with Gasteiger partial charge in [-0.2, -0.15) is 0 Å². The Balaban J connectivity index is 2.14. The first-order valence-corrected chi connectivity index (χ1v) is 11.8. The van der Waals surface area contributed by atoms with Gasteiger partial charge < -0.3 is 25.3 Å². The van der Waals surface area contributed by atoms with Crippen molar-refractivity contribution in [3.05, 3.63) is 45.6 Å². The first-order valence-electron chi connectivity index (χ1n) is 10.6. The fourth-order valence-corrected chi connectivity index (χ4v) is 4.39. The highest BCUT2D eigenvalue weighted by molar-refractivity contribution is 8.26. The SMILES string of the molecule is CCOC(=O)C1=C(CN2CCOCC2C(=O)O)NC(C(=N)SC=N)=NC1c1ccc(Cl)cc1C. The summed E-state index contributed by atoms with van der Waals surface area (Å²) < 4.78 is 10.7. The largest absolute Gasteiger partial charge is 0.480 e. The number of thioether (sulfide) groups is 1. The fourth-order valence-electron chi connectivity index (χ4n) is 3.83. The van der Waals surface area contributed by atoms with Crippen LogP contribution in [0.4, 0.5) is 0 Å². The number of carboxylic acid groups (broad SMARTS) is 1. The summed E-state index contributed by atoms with van der Waals surface area (Å²) in [6, 6.07) is 3.53. The summed E-state index contributed by atoms with van der Waals surface area (Å²) in [5.41, 5.74) is 3.14. The van der Waals surface area contributed by atoms with E-state index in [1.165, 1.54) is 0 Å². The number of hydrogen-bond donors (Lipinski definition) is 4. The van der Waals surface area contributed by atoms with Crippen molar-refractivity contribution in [3.8, 4) is 0 Å². The molecule has 2 aliphatic heterocycles. The number of nitrogens with zero attached hydrogens (tertiary/aromatic N) is 2. The number of ether oxygens (including phenoxy) is 2. The normalized spacial score (nSPS) is 20.9. The van der Waals surface area contributed by atoms with Gasteiger partial charge in [0.05, 0.1) is 30.9 Å². The summed E-state index contributed by atoms with van der Waals surface area (Å²) in [5.74, 6) is -1.44. The van der Waals surface area contributed by atoms with Crippen LogP contribution in [0.2, 0.25) is 5.02 Å². The number of aliphatic imine (C=N–C) groups is 1. The number of carbonyl (C=O) groups is 2. The van der Waals surface area contributed by atoms with Crippen LogP contribution in [0.25, 0.3) is 0 Å². The summed E-state index contributed by atoms with van der Waals surface area (Å²) in [4.78, 5) is 31.3. The van der Waals surface area contributed by atoms with Crippen molar-refractivity contribution in [1.82, 2.24) is 10.2 Å². The van der Waals surface area contributed by atoms with Crippen LogP contribution in [0.15, 0.2) is 34.5 Å². The van der Waals surface area contributed by atoms with Gasteiger partial charge in [0.2, 0.25) is 0 Å². The quantitative estimate of drug-likeness (QED) is 0.238. The monoisotopic (exact) mass is 507 g/mol. The molecule has 0 aliphatic carbocycles. The van der Waals surface area contributed by atoms with Crippen molar-refractivity contribution in [1.29, 1.82) is 10.8 Å². The van der Waals surface area contributed by atoms with Gasteiger partial charge in [0.1, 0.15) is 17.1 Å². The maximum Gasteiger partial charge on any atom is 0.338 e. The summed E-state index contributed by atoms with van der Waals surface area (Å²) in [5, 5.41) is 28.9. The smallest absolute Gasteiger partial charge is 0.338 e. The number of carboxylic acids is 1. The number of halogens is 1. The van der Waals surface area contributed by atoms with E-state index in [4.69, 9.17) is 31.9 Å². The second kappa shape index (κ2) is 11.6. The topological polar surface area (TPSA) is 148 Å². The summed E-state index contributed by atoms with van der Waals surface area (Å²) in [6.07, 6.45) is 0. The molecule has 2 unspecified atom stereocenters. The molecule has 12 heteroatoms. The van der Waals surface area contributed by atoms with Gasteiger partial charge in [-0.15, -0.1) is 0 Å². The fraction of sp³-hybridized carbons (Fsp3) is 0.409. The Morgan fingerprint density at radius 3 is 2.88 bits per heavy atom. The van der Waals surface area contributed by atoms with E-state index in [1.54, 1.807) is 30.0 Å². The van der Waals surface area contributed by atoms with Crippen molar-refractivity contribution in [2.75, 3.05) is 32.9 Å². The van der Waals surface area contributed by atoms with Gasteiger partial charge in [0, 0.05) is 23.8 Å².